The molecular weight excluding hydrogens is 218 g/mol. The Hall–Kier alpha value is -1.06. The van der Waals surface area contributed by atoms with Gasteiger partial charge in [0.25, 0.3) is 0 Å². The van der Waals surface area contributed by atoms with E-state index in [0.717, 1.165) is 0 Å². The maximum Gasteiger partial charge on any atom is 0.303 e. The molecule has 1 unspecified atom stereocenters. The lowest BCUT2D eigenvalue weighted by Crippen LogP contribution is -2.31. The number of rotatable bonds is 5. The third-order valence-corrected chi connectivity index (χ3v) is 4.38. The number of carbonyl (C=O) groups excluding carboxylic acids is 1. The van der Waals surface area contributed by atoms with Gasteiger partial charge in [-0.2, -0.15) is 0 Å². The fourth-order valence-electron chi connectivity index (χ4n) is 2.46. The lowest BCUT2D eigenvalue weighted by molar-refractivity contribution is -0.138. The van der Waals surface area contributed by atoms with Crippen molar-refractivity contribution in [3.05, 3.63) is 0 Å². The molecule has 2 N–H and O–H groups in total. The lowest BCUT2D eigenvalue weighted by Gasteiger charge is -2.10. The molecule has 1 aliphatic rings. The summed E-state index contributed by atoms with van der Waals surface area (Å²) in [7, 11) is 0. The molecule has 17 heavy (non-hydrogen) atoms. The van der Waals surface area contributed by atoms with E-state index < -0.39 is 5.97 Å². The second kappa shape index (κ2) is 4.31. The molecule has 0 radical (unpaired) electrons. The van der Waals surface area contributed by atoms with Gasteiger partial charge < -0.3 is 10.4 Å². The van der Waals surface area contributed by atoms with Gasteiger partial charge in [-0.3, -0.25) is 9.59 Å². The van der Waals surface area contributed by atoms with Gasteiger partial charge in [0.15, 0.2) is 0 Å². The van der Waals surface area contributed by atoms with E-state index in [9.17, 15) is 9.59 Å². The van der Waals surface area contributed by atoms with E-state index in [2.05, 4.69) is 33.0 Å². The number of hydrogen-bond donors (Lipinski definition) is 2. The van der Waals surface area contributed by atoms with Gasteiger partial charge in [-0.25, -0.2) is 0 Å². The van der Waals surface area contributed by atoms with Crippen LogP contribution in [0.4, 0.5) is 0 Å². The van der Waals surface area contributed by atoms with Gasteiger partial charge in [-0.15, -0.1) is 0 Å². The molecule has 1 aliphatic carbocycles. The van der Waals surface area contributed by atoms with Crippen molar-refractivity contribution in [1.82, 2.24) is 5.32 Å². The van der Waals surface area contributed by atoms with Crippen molar-refractivity contribution in [3.63, 3.8) is 0 Å². The molecule has 4 nitrogen and oxygen atoms in total. The zero-order chi connectivity index (χ0) is 13.4. The lowest BCUT2D eigenvalue weighted by atomic mass is 10.0. The molecule has 1 fully saturated rings. The fraction of sp³-hybridized carbons (Fsp3) is 0.846. The first-order valence-electron chi connectivity index (χ1n) is 6.10. The van der Waals surface area contributed by atoms with Crippen molar-refractivity contribution in [3.8, 4) is 0 Å². The number of nitrogens with one attached hydrogen (secondary N) is 1. The number of carbonyl (C=O) groups is 2. The Kier molecular flexibility index (Phi) is 3.55. The first-order chi connectivity index (χ1) is 7.59. The second-order valence-electron chi connectivity index (χ2n) is 6.35. The maximum absolute atomic E-state index is 11.8. The van der Waals surface area contributed by atoms with Crippen molar-refractivity contribution < 1.29 is 14.7 Å². The summed E-state index contributed by atoms with van der Waals surface area (Å²) in [6, 6.07) is 0.194. The average Bonchev–Trinajstić information content (AvgIpc) is 2.46. The van der Waals surface area contributed by atoms with Crippen LogP contribution in [0.5, 0.6) is 0 Å². The Bertz CT molecular complexity index is 320. The van der Waals surface area contributed by atoms with E-state index in [1.807, 2.05) is 0 Å². The zero-order valence-corrected chi connectivity index (χ0v) is 11.3. The third kappa shape index (κ3) is 2.79. The smallest absolute Gasteiger partial charge is 0.303 e. The highest BCUT2D eigenvalue weighted by Crippen LogP contribution is 2.62. The van der Waals surface area contributed by atoms with Crippen LogP contribution in [-0.2, 0) is 9.59 Å². The number of aliphatic carboxylic acids is 1. The summed E-state index contributed by atoms with van der Waals surface area (Å²) in [5.74, 6) is -1.00. The van der Waals surface area contributed by atoms with Crippen molar-refractivity contribution in [2.24, 2.45) is 16.7 Å². The summed E-state index contributed by atoms with van der Waals surface area (Å²) in [5.41, 5.74) is 0.247. The minimum Gasteiger partial charge on any atom is -0.481 e. The Morgan fingerprint density at radius 3 is 2.00 bits per heavy atom. The van der Waals surface area contributed by atoms with Gasteiger partial charge in [-0.05, 0) is 16.7 Å². The molecule has 0 aliphatic heterocycles. The van der Waals surface area contributed by atoms with Gasteiger partial charge in [-0.1, -0.05) is 34.6 Å². The van der Waals surface area contributed by atoms with E-state index in [-0.39, 0.29) is 41.5 Å². The first-order valence-corrected chi connectivity index (χ1v) is 6.10. The molecule has 0 aromatic rings. The molecule has 0 aromatic heterocycles. The number of amides is 1. The summed E-state index contributed by atoms with van der Waals surface area (Å²) in [6.45, 7) is 10.3. The fourth-order valence-corrected chi connectivity index (χ4v) is 2.46. The molecule has 98 valence electrons. The number of carboxylic acid groups (broad SMARTS) is 1. The summed E-state index contributed by atoms with van der Waals surface area (Å²) >= 11 is 0. The molecule has 0 aromatic carbocycles. The van der Waals surface area contributed by atoms with Crippen LogP contribution in [0.15, 0.2) is 0 Å². The van der Waals surface area contributed by atoms with Crippen LogP contribution < -0.4 is 5.32 Å². The van der Waals surface area contributed by atoms with Crippen molar-refractivity contribution in [1.29, 1.82) is 0 Å². The molecule has 0 bridgehead atoms. The van der Waals surface area contributed by atoms with Gasteiger partial charge in [0, 0.05) is 18.9 Å². The molecule has 1 amide bonds. The summed E-state index contributed by atoms with van der Waals surface area (Å²) < 4.78 is 0. The van der Waals surface area contributed by atoms with Gasteiger partial charge in [0.1, 0.15) is 0 Å². The molecule has 1 saturated carbocycles. The van der Waals surface area contributed by atoms with E-state index in [4.69, 9.17) is 5.11 Å². The topological polar surface area (TPSA) is 66.4 Å². The van der Waals surface area contributed by atoms with Crippen LogP contribution in [-0.4, -0.2) is 23.0 Å². The molecule has 1 atom stereocenters. The van der Waals surface area contributed by atoms with E-state index in [1.165, 1.54) is 0 Å². The van der Waals surface area contributed by atoms with Crippen LogP contribution in [0.2, 0.25) is 0 Å². The average molecular weight is 241 g/mol. The SMILES string of the molecule is CC(CC(=O)O)CC(=O)NC1C(C)(C)C1(C)C. The first kappa shape index (κ1) is 14.0. The quantitative estimate of drug-likeness (QED) is 0.774. The highest BCUT2D eigenvalue weighted by atomic mass is 16.4. The molecule has 0 heterocycles. The molecule has 4 heteroatoms. The largest absolute Gasteiger partial charge is 0.481 e. The van der Waals surface area contributed by atoms with E-state index in [1.54, 1.807) is 6.92 Å². The second-order valence-corrected chi connectivity index (χ2v) is 6.35. The van der Waals surface area contributed by atoms with Gasteiger partial charge >= 0.3 is 5.97 Å². The van der Waals surface area contributed by atoms with Crippen LogP contribution in [0, 0.1) is 16.7 Å². The number of hydrogen-bond acceptors (Lipinski definition) is 2. The van der Waals surface area contributed by atoms with Gasteiger partial charge in [0.2, 0.25) is 5.91 Å². The van der Waals surface area contributed by atoms with Crippen molar-refractivity contribution >= 4 is 11.9 Å². The Labute approximate surface area is 103 Å². The Morgan fingerprint density at radius 2 is 1.65 bits per heavy atom. The summed E-state index contributed by atoms with van der Waals surface area (Å²) in [6.07, 6.45) is 0.333. The zero-order valence-electron chi connectivity index (χ0n) is 11.3. The predicted molar refractivity (Wildman–Crippen MR) is 65.5 cm³/mol. The highest BCUT2D eigenvalue weighted by molar-refractivity contribution is 5.78. The van der Waals surface area contributed by atoms with E-state index >= 15 is 0 Å². The minimum absolute atomic E-state index is 0.0394. The minimum atomic E-state index is -0.850. The normalized spacial score (nSPS) is 22.9. The van der Waals surface area contributed by atoms with Crippen LogP contribution in [0.25, 0.3) is 0 Å². The van der Waals surface area contributed by atoms with E-state index in [0.29, 0.717) is 0 Å². The Balaban J connectivity index is 2.40. The molecule has 1 rings (SSSR count). The van der Waals surface area contributed by atoms with Crippen molar-refractivity contribution in [2.45, 2.75) is 53.5 Å². The Morgan fingerprint density at radius 1 is 1.18 bits per heavy atom. The van der Waals surface area contributed by atoms with Crippen molar-refractivity contribution in [2.75, 3.05) is 0 Å². The summed E-state index contributed by atoms with van der Waals surface area (Å²) in [5, 5.41) is 11.6. The number of carboxylic acids is 1. The van der Waals surface area contributed by atoms with Crippen LogP contribution in [0.1, 0.15) is 47.5 Å². The van der Waals surface area contributed by atoms with Crippen LogP contribution in [0.3, 0.4) is 0 Å². The van der Waals surface area contributed by atoms with Crippen LogP contribution >= 0.6 is 0 Å². The maximum atomic E-state index is 11.8. The molecular formula is C13H23NO3. The monoisotopic (exact) mass is 241 g/mol. The predicted octanol–water partition coefficient (Wildman–Crippen LogP) is 2.04. The highest BCUT2D eigenvalue weighted by Gasteiger charge is 2.65. The third-order valence-electron chi connectivity index (χ3n) is 4.38. The molecule has 0 spiro atoms. The summed E-state index contributed by atoms with van der Waals surface area (Å²) in [4.78, 5) is 22.3. The standard InChI is InChI=1S/C13H23NO3/c1-8(7-10(16)17)6-9(15)14-11-12(2,3)13(11,4)5/h8,11H,6-7H2,1-5H3,(H,14,15)(H,16,17). The van der Waals surface area contributed by atoms with Gasteiger partial charge in [0.05, 0.1) is 0 Å². The molecule has 0 saturated heterocycles.